The van der Waals surface area contributed by atoms with Crippen LogP contribution in [0.2, 0.25) is 0 Å². The number of aryl methyl sites for hydroxylation is 1. The van der Waals surface area contributed by atoms with E-state index in [-0.39, 0.29) is 11.3 Å². The summed E-state index contributed by atoms with van der Waals surface area (Å²) < 4.78 is 49.9. The van der Waals surface area contributed by atoms with Crippen LogP contribution in [0, 0.1) is 6.92 Å². The Balaban J connectivity index is 2.03. The van der Waals surface area contributed by atoms with Crippen molar-refractivity contribution in [1.29, 1.82) is 0 Å². The van der Waals surface area contributed by atoms with E-state index in [1.54, 1.807) is 49.4 Å². The second-order valence-corrected chi connectivity index (χ2v) is 12.7. The molecule has 1 heterocycles. The summed E-state index contributed by atoms with van der Waals surface area (Å²) in [5.74, 6) is 0. The Kier molecular flexibility index (Phi) is 5.58. The van der Waals surface area contributed by atoms with E-state index in [1.165, 1.54) is 12.1 Å². The van der Waals surface area contributed by atoms with Gasteiger partial charge in [0.15, 0.2) is 0 Å². The summed E-state index contributed by atoms with van der Waals surface area (Å²) in [6.45, 7) is 1.79. The molecule has 2 atom stereocenters. The SMILES string of the molecule is Cc1ccc(S(=O)(=O)N2[C@@H](C(Cl)(Cl)Cl)[C@@H](Cc3ccccc3)S2(=O)=O)cc1. The zero-order valence-corrected chi connectivity index (χ0v) is 18.0. The molecule has 3 rings (SSSR count). The van der Waals surface area contributed by atoms with Gasteiger partial charge >= 0.3 is 0 Å². The first kappa shape index (κ1) is 20.9. The highest BCUT2D eigenvalue weighted by Crippen LogP contribution is 2.48. The molecule has 1 fully saturated rings. The Morgan fingerprint density at radius 3 is 2.07 bits per heavy atom. The standard InChI is InChI=1S/C17H16Cl3NO4S2/c1-12-7-9-14(10-8-12)26(22,23)21-16(17(18,19)20)15(27(21,24)25)11-13-5-3-2-4-6-13/h2-10,15-16H,11H2,1H3/t15-,16-/m1/s1. The number of halogens is 3. The summed E-state index contributed by atoms with van der Waals surface area (Å²) in [6, 6.07) is 13.3. The first-order chi connectivity index (χ1) is 12.5. The number of alkyl halides is 3. The van der Waals surface area contributed by atoms with Crippen LogP contribution in [0.15, 0.2) is 59.5 Å². The van der Waals surface area contributed by atoms with Crippen molar-refractivity contribution in [2.75, 3.05) is 0 Å². The summed E-state index contributed by atoms with van der Waals surface area (Å²) in [5.41, 5.74) is 1.54. The number of rotatable bonds is 4. The fraction of sp³-hybridized carbons (Fsp3) is 0.294. The van der Waals surface area contributed by atoms with Gasteiger partial charge in [-0.25, -0.2) is 16.8 Å². The van der Waals surface area contributed by atoms with E-state index in [9.17, 15) is 16.8 Å². The quantitative estimate of drug-likeness (QED) is 0.642. The third-order valence-corrected chi connectivity index (χ3v) is 9.75. The van der Waals surface area contributed by atoms with Crippen LogP contribution in [0.4, 0.5) is 0 Å². The van der Waals surface area contributed by atoms with Gasteiger partial charge in [0.1, 0.15) is 11.3 Å². The van der Waals surface area contributed by atoms with Crippen molar-refractivity contribution < 1.29 is 16.8 Å². The van der Waals surface area contributed by atoms with Gasteiger partial charge < -0.3 is 0 Å². The largest absolute Gasteiger partial charge is 0.256 e. The lowest BCUT2D eigenvalue weighted by atomic mass is 10.1. The van der Waals surface area contributed by atoms with Crippen molar-refractivity contribution in [1.82, 2.24) is 3.71 Å². The first-order valence-corrected chi connectivity index (χ1v) is 12.0. The van der Waals surface area contributed by atoms with E-state index in [2.05, 4.69) is 0 Å². The highest BCUT2D eigenvalue weighted by atomic mass is 35.6. The maximum Gasteiger partial charge on any atom is 0.256 e. The van der Waals surface area contributed by atoms with Crippen molar-refractivity contribution in [3.05, 3.63) is 65.7 Å². The molecule has 10 heteroatoms. The fourth-order valence-electron chi connectivity index (χ4n) is 3.02. The van der Waals surface area contributed by atoms with Crippen molar-refractivity contribution in [3.63, 3.8) is 0 Å². The molecule has 2 aromatic rings. The van der Waals surface area contributed by atoms with E-state index in [0.29, 0.717) is 9.27 Å². The van der Waals surface area contributed by atoms with E-state index >= 15 is 0 Å². The number of hydrogen-bond acceptors (Lipinski definition) is 4. The number of benzene rings is 2. The third kappa shape index (κ3) is 3.86. The van der Waals surface area contributed by atoms with E-state index in [1.807, 2.05) is 0 Å². The third-order valence-electron chi connectivity index (χ3n) is 4.38. The average molecular weight is 469 g/mol. The molecule has 0 aromatic heterocycles. The Hall–Kier alpha value is -0.830. The van der Waals surface area contributed by atoms with E-state index < -0.39 is 35.1 Å². The molecule has 0 spiro atoms. The zero-order valence-electron chi connectivity index (χ0n) is 14.1. The van der Waals surface area contributed by atoms with Crippen molar-refractivity contribution in [2.45, 2.75) is 33.3 Å². The Morgan fingerprint density at radius 2 is 1.56 bits per heavy atom. The second-order valence-electron chi connectivity index (χ2n) is 6.30. The first-order valence-electron chi connectivity index (χ1n) is 7.91. The lowest BCUT2D eigenvalue weighted by molar-refractivity contribution is 0.338. The summed E-state index contributed by atoms with van der Waals surface area (Å²) in [6.07, 6.45) is 0.0433. The van der Waals surface area contributed by atoms with Crippen LogP contribution in [0.5, 0.6) is 0 Å². The molecule has 0 saturated carbocycles. The van der Waals surface area contributed by atoms with Gasteiger partial charge in [-0.05, 0) is 31.0 Å². The zero-order chi connectivity index (χ0) is 20.0. The van der Waals surface area contributed by atoms with Gasteiger partial charge in [-0.15, -0.1) is 0 Å². The predicted octanol–water partition coefficient (Wildman–Crippen LogP) is 3.68. The molecule has 1 aliphatic rings. The van der Waals surface area contributed by atoms with Crippen LogP contribution in [-0.2, 0) is 26.5 Å². The minimum atomic E-state index is -4.39. The topological polar surface area (TPSA) is 71.5 Å². The molecular formula is C17H16Cl3NO4S2. The normalized spacial score (nSPS) is 23.0. The lowest BCUT2D eigenvalue weighted by Crippen LogP contribution is -2.70. The maximum absolute atomic E-state index is 13.0. The predicted molar refractivity (Wildman–Crippen MR) is 107 cm³/mol. The van der Waals surface area contributed by atoms with Crippen molar-refractivity contribution >= 4 is 54.8 Å². The summed E-state index contributed by atoms with van der Waals surface area (Å²) in [7, 11) is -8.61. The molecular weight excluding hydrogens is 453 g/mol. The minimum Gasteiger partial charge on any atom is -0.211 e. The molecule has 2 aromatic carbocycles. The Labute approximate surface area is 173 Å². The lowest BCUT2D eigenvalue weighted by Gasteiger charge is -2.48. The summed E-state index contributed by atoms with van der Waals surface area (Å²) >= 11 is 18.0. The molecule has 0 amide bonds. The monoisotopic (exact) mass is 467 g/mol. The Morgan fingerprint density at radius 1 is 1.00 bits per heavy atom. The van der Waals surface area contributed by atoms with Gasteiger partial charge in [0.05, 0.1) is 4.90 Å². The van der Waals surface area contributed by atoms with Crippen molar-refractivity contribution in [2.24, 2.45) is 0 Å². The average Bonchev–Trinajstić information content (AvgIpc) is 2.57. The molecule has 0 aliphatic carbocycles. The molecule has 27 heavy (non-hydrogen) atoms. The minimum absolute atomic E-state index is 0.0433. The van der Waals surface area contributed by atoms with E-state index in [0.717, 1.165) is 5.56 Å². The highest BCUT2D eigenvalue weighted by molar-refractivity contribution is 8.05. The van der Waals surface area contributed by atoms with Gasteiger partial charge in [-0.1, -0.05) is 86.5 Å². The smallest absolute Gasteiger partial charge is 0.211 e. The molecule has 1 aliphatic heterocycles. The molecule has 0 N–H and O–H groups in total. The molecule has 0 radical (unpaired) electrons. The van der Waals surface area contributed by atoms with Gasteiger partial charge in [0, 0.05) is 0 Å². The molecule has 0 unspecified atom stereocenters. The second kappa shape index (κ2) is 7.21. The molecule has 1 saturated heterocycles. The number of hydrogen-bond donors (Lipinski definition) is 0. The van der Waals surface area contributed by atoms with Crippen LogP contribution in [0.25, 0.3) is 0 Å². The van der Waals surface area contributed by atoms with Gasteiger partial charge in [-0.2, -0.15) is 0 Å². The maximum atomic E-state index is 13.0. The van der Waals surface area contributed by atoms with Gasteiger partial charge in [0.25, 0.3) is 10.0 Å². The van der Waals surface area contributed by atoms with Gasteiger partial charge in [0.2, 0.25) is 13.8 Å². The molecule has 146 valence electrons. The van der Waals surface area contributed by atoms with Crippen molar-refractivity contribution in [3.8, 4) is 0 Å². The highest BCUT2D eigenvalue weighted by Gasteiger charge is 2.66. The summed E-state index contributed by atoms with van der Waals surface area (Å²) in [5, 5.41) is -1.16. The van der Waals surface area contributed by atoms with Crippen LogP contribution < -0.4 is 0 Å². The van der Waals surface area contributed by atoms with Crippen LogP contribution in [-0.4, -0.2) is 35.6 Å². The Bertz CT molecular complexity index is 1030. The van der Waals surface area contributed by atoms with Gasteiger partial charge in [-0.3, -0.25) is 0 Å². The van der Waals surface area contributed by atoms with Crippen LogP contribution in [0.3, 0.4) is 0 Å². The summed E-state index contributed by atoms with van der Waals surface area (Å²) in [4.78, 5) is -0.172. The number of sulfonamides is 2. The molecule has 5 nitrogen and oxygen atoms in total. The van der Waals surface area contributed by atoms with Crippen LogP contribution in [0.1, 0.15) is 11.1 Å². The molecule has 0 bridgehead atoms. The number of nitrogens with zero attached hydrogens (tertiary/aromatic N) is 1. The fourth-order valence-corrected chi connectivity index (χ4v) is 9.14. The van der Waals surface area contributed by atoms with Crippen LogP contribution >= 0.6 is 34.8 Å². The van der Waals surface area contributed by atoms with E-state index in [4.69, 9.17) is 34.8 Å².